The molecule has 2 atom stereocenters. The quantitative estimate of drug-likeness (QED) is 0.820. The Morgan fingerprint density at radius 2 is 2.10 bits per heavy atom. The third kappa shape index (κ3) is 4.70. The second-order valence-electron chi connectivity index (χ2n) is 5.10. The summed E-state index contributed by atoms with van der Waals surface area (Å²) in [6.45, 7) is 4.86. The number of rotatable bonds is 6. The van der Waals surface area contributed by atoms with E-state index >= 15 is 0 Å². The van der Waals surface area contributed by atoms with E-state index in [0.29, 0.717) is 12.6 Å². The number of aliphatic hydroxyl groups excluding tert-OH is 1. The summed E-state index contributed by atoms with van der Waals surface area (Å²) in [4.78, 5) is 2.74. The zero-order valence-corrected chi connectivity index (χ0v) is 14.2. The monoisotopic (exact) mass is 353 g/mol. The van der Waals surface area contributed by atoms with Crippen LogP contribution in [0.15, 0.2) is 40.9 Å². The third-order valence-electron chi connectivity index (χ3n) is 3.20. The highest BCUT2D eigenvalue weighted by Gasteiger charge is 2.10. The first-order valence-electron chi connectivity index (χ1n) is 6.77. The fourth-order valence-corrected chi connectivity index (χ4v) is 3.55. The molecule has 1 heterocycles. The maximum atomic E-state index is 10.2. The van der Waals surface area contributed by atoms with E-state index < -0.39 is 6.10 Å². The molecule has 2 unspecified atom stereocenters. The molecule has 2 N–H and O–H groups in total. The predicted octanol–water partition coefficient (Wildman–Crippen LogP) is 4.07. The van der Waals surface area contributed by atoms with Crippen LogP contribution in [0.3, 0.4) is 0 Å². The SMILES string of the molecule is Cc1ccc(CC(C)NCC(O)c2cccc(Br)c2)s1. The first kappa shape index (κ1) is 15.7. The third-order valence-corrected chi connectivity index (χ3v) is 4.71. The summed E-state index contributed by atoms with van der Waals surface area (Å²) < 4.78 is 0.996. The van der Waals surface area contributed by atoms with Crippen molar-refractivity contribution in [2.75, 3.05) is 6.54 Å². The van der Waals surface area contributed by atoms with E-state index in [9.17, 15) is 5.11 Å². The van der Waals surface area contributed by atoms with E-state index in [1.165, 1.54) is 9.75 Å². The molecule has 0 fully saturated rings. The molecule has 0 bridgehead atoms. The van der Waals surface area contributed by atoms with Crippen molar-refractivity contribution in [3.63, 3.8) is 0 Å². The number of halogens is 1. The van der Waals surface area contributed by atoms with Gasteiger partial charge in [-0.3, -0.25) is 0 Å². The summed E-state index contributed by atoms with van der Waals surface area (Å²) in [5.74, 6) is 0. The van der Waals surface area contributed by atoms with Gasteiger partial charge in [-0.05, 0) is 50.1 Å². The maximum Gasteiger partial charge on any atom is 0.0914 e. The number of aryl methyl sites for hydroxylation is 1. The molecule has 1 aromatic heterocycles. The molecule has 2 nitrogen and oxygen atoms in total. The molecular weight excluding hydrogens is 334 g/mol. The Morgan fingerprint density at radius 3 is 2.75 bits per heavy atom. The van der Waals surface area contributed by atoms with Crippen LogP contribution in [0.5, 0.6) is 0 Å². The summed E-state index contributed by atoms with van der Waals surface area (Å²) >= 11 is 5.27. The molecule has 0 aliphatic heterocycles. The fraction of sp³-hybridized carbons (Fsp3) is 0.375. The Kier molecular flexibility index (Phi) is 5.78. The molecule has 4 heteroatoms. The molecule has 0 radical (unpaired) electrons. The van der Waals surface area contributed by atoms with Gasteiger partial charge in [0.25, 0.3) is 0 Å². The van der Waals surface area contributed by atoms with Crippen LogP contribution in [0.25, 0.3) is 0 Å². The van der Waals surface area contributed by atoms with Crippen molar-refractivity contribution in [2.24, 2.45) is 0 Å². The molecule has 1 aromatic carbocycles. The van der Waals surface area contributed by atoms with E-state index in [1.807, 2.05) is 35.6 Å². The van der Waals surface area contributed by atoms with Crippen molar-refractivity contribution in [3.8, 4) is 0 Å². The molecule has 0 spiro atoms. The van der Waals surface area contributed by atoms with Crippen LogP contribution in [-0.2, 0) is 6.42 Å². The van der Waals surface area contributed by atoms with Crippen molar-refractivity contribution in [1.29, 1.82) is 0 Å². The Morgan fingerprint density at radius 1 is 1.30 bits per heavy atom. The number of hydrogen-bond donors (Lipinski definition) is 2. The second-order valence-corrected chi connectivity index (χ2v) is 7.38. The van der Waals surface area contributed by atoms with E-state index in [4.69, 9.17) is 0 Å². The Bertz CT molecular complexity index is 555. The summed E-state index contributed by atoms with van der Waals surface area (Å²) in [6, 6.07) is 12.5. The van der Waals surface area contributed by atoms with E-state index in [-0.39, 0.29) is 0 Å². The number of nitrogens with one attached hydrogen (secondary N) is 1. The largest absolute Gasteiger partial charge is 0.387 e. The van der Waals surface area contributed by atoms with Gasteiger partial charge in [0.15, 0.2) is 0 Å². The number of thiophene rings is 1. The zero-order valence-electron chi connectivity index (χ0n) is 11.8. The first-order chi connectivity index (χ1) is 9.54. The predicted molar refractivity (Wildman–Crippen MR) is 89.3 cm³/mol. The van der Waals surface area contributed by atoms with Gasteiger partial charge in [0.1, 0.15) is 0 Å². The summed E-state index contributed by atoms with van der Waals surface area (Å²) in [7, 11) is 0. The molecule has 2 aromatic rings. The van der Waals surface area contributed by atoms with Crippen molar-refractivity contribution in [1.82, 2.24) is 5.32 Å². The van der Waals surface area contributed by atoms with Crippen molar-refractivity contribution in [3.05, 3.63) is 56.2 Å². The van der Waals surface area contributed by atoms with Gasteiger partial charge < -0.3 is 10.4 Å². The Hall–Kier alpha value is -0.680. The lowest BCUT2D eigenvalue weighted by Gasteiger charge is -2.17. The standard InChI is InChI=1S/C16H20BrNOS/c1-11(8-15-7-6-12(2)20-15)18-10-16(19)13-4-3-5-14(17)9-13/h3-7,9,11,16,18-19H,8,10H2,1-2H3. The molecule has 0 saturated carbocycles. The molecule has 0 amide bonds. The Balaban J connectivity index is 1.82. The van der Waals surface area contributed by atoms with E-state index in [1.54, 1.807) is 0 Å². The lowest BCUT2D eigenvalue weighted by molar-refractivity contribution is 0.170. The van der Waals surface area contributed by atoms with Gasteiger partial charge in [-0.25, -0.2) is 0 Å². The topological polar surface area (TPSA) is 32.3 Å². The smallest absolute Gasteiger partial charge is 0.0914 e. The highest BCUT2D eigenvalue weighted by Crippen LogP contribution is 2.19. The van der Waals surface area contributed by atoms with E-state index in [0.717, 1.165) is 16.5 Å². The van der Waals surface area contributed by atoms with Gasteiger partial charge >= 0.3 is 0 Å². The lowest BCUT2D eigenvalue weighted by atomic mass is 10.1. The second kappa shape index (κ2) is 7.36. The van der Waals surface area contributed by atoms with Crippen LogP contribution in [0.1, 0.15) is 28.3 Å². The van der Waals surface area contributed by atoms with Gasteiger partial charge in [-0.2, -0.15) is 0 Å². The van der Waals surface area contributed by atoms with Gasteiger partial charge in [-0.1, -0.05) is 28.1 Å². The van der Waals surface area contributed by atoms with Crippen LogP contribution in [0.4, 0.5) is 0 Å². The van der Waals surface area contributed by atoms with Gasteiger partial charge in [-0.15, -0.1) is 11.3 Å². The van der Waals surface area contributed by atoms with Crippen LogP contribution >= 0.6 is 27.3 Å². The van der Waals surface area contributed by atoms with Crippen molar-refractivity contribution in [2.45, 2.75) is 32.4 Å². The molecule has 108 valence electrons. The van der Waals surface area contributed by atoms with Gasteiger partial charge in [0, 0.05) is 26.8 Å². The number of hydrogen-bond acceptors (Lipinski definition) is 3. The van der Waals surface area contributed by atoms with Gasteiger partial charge in [0.05, 0.1) is 6.10 Å². The molecule has 0 aliphatic rings. The van der Waals surface area contributed by atoms with Crippen molar-refractivity contribution >= 4 is 27.3 Å². The van der Waals surface area contributed by atoms with Crippen molar-refractivity contribution < 1.29 is 5.11 Å². The maximum absolute atomic E-state index is 10.2. The fourth-order valence-electron chi connectivity index (χ4n) is 2.11. The average Bonchev–Trinajstić information content (AvgIpc) is 2.81. The van der Waals surface area contributed by atoms with E-state index in [2.05, 4.69) is 47.2 Å². The molecule has 0 aliphatic carbocycles. The molecule has 2 rings (SSSR count). The molecule has 20 heavy (non-hydrogen) atoms. The minimum atomic E-state index is -0.472. The summed E-state index contributed by atoms with van der Waals surface area (Å²) in [5.41, 5.74) is 0.936. The highest BCUT2D eigenvalue weighted by atomic mass is 79.9. The molecule has 0 saturated heterocycles. The Labute approximate surface area is 133 Å². The number of benzene rings is 1. The summed E-state index contributed by atoms with van der Waals surface area (Å²) in [5, 5.41) is 13.6. The highest BCUT2D eigenvalue weighted by molar-refractivity contribution is 9.10. The normalized spacial score (nSPS) is 14.2. The van der Waals surface area contributed by atoms with Crippen LogP contribution < -0.4 is 5.32 Å². The number of aliphatic hydroxyl groups is 1. The van der Waals surface area contributed by atoms with Crippen LogP contribution in [-0.4, -0.2) is 17.7 Å². The minimum absolute atomic E-state index is 0.356. The molecular formula is C16H20BrNOS. The summed E-state index contributed by atoms with van der Waals surface area (Å²) in [6.07, 6.45) is 0.531. The van der Waals surface area contributed by atoms with Crippen LogP contribution in [0.2, 0.25) is 0 Å². The van der Waals surface area contributed by atoms with Gasteiger partial charge in [0.2, 0.25) is 0 Å². The van der Waals surface area contributed by atoms with Crippen LogP contribution in [0, 0.1) is 6.92 Å². The zero-order chi connectivity index (χ0) is 14.5. The first-order valence-corrected chi connectivity index (χ1v) is 8.38. The average molecular weight is 354 g/mol. The minimum Gasteiger partial charge on any atom is -0.387 e. The lowest BCUT2D eigenvalue weighted by Crippen LogP contribution is -2.31.